The van der Waals surface area contributed by atoms with Crippen LogP contribution in [0.5, 0.6) is 0 Å². The van der Waals surface area contributed by atoms with Crippen LogP contribution in [0.1, 0.15) is 72.0 Å². The molecule has 7 aromatic rings. The minimum atomic E-state index is 0.410. The summed E-state index contributed by atoms with van der Waals surface area (Å²) in [7, 11) is 7.73. The second kappa shape index (κ2) is 28.0. The first-order valence-electron chi connectivity index (χ1n) is 19.4. The van der Waals surface area contributed by atoms with E-state index < -0.39 is 0 Å². The third-order valence-corrected chi connectivity index (χ3v) is 8.53. The van der Waals surface area contributed by atoms with Crippen molar-refractivity contribution in [2.45, 2.75) is 84.5 Å². The fourth-order valence-electron chi connectivity index (χ4n) is 5.50. The van der Waals surface area contributed by atoms with Gasteiger partial charge < -0.3 is 19.4 Å². The molecule has 0 aliphatic heterocycles. The number of halogens is 6. The molecule has 0 aliphatic carbocycles. The normalized spacial score (nSPS) is 10.4. The van der Waals surface area contributed by atoms with Gasteiger partial charge in [0, 0.05) is 110 Å². The van der Waals surface area contributed by atoms with Crippen molar-refractivity contribution in [3.8, 4) is 17.5 Å². The van der Waals surface area contributed by atoms with Gasteiger partial charge in [0.1, 0.15) is 5.25 Å². The molecular weight excluding hydrogens is 1450 g/mol. The third-order valence-electron chi connectivity index (χ3n) is 8.53. The smallest absolute Gasteiger partial charge is 0.159 e. The van der Waals surface area contributed by atoms with Gasteiger partial charge in [-0.1, -0.05) is 142 Å². The van der Waals surface area contributed by atoms with Gasteiger partial charge in [-0.05, 0) is 117 Å². The molecule has 0 fully saturated rings. The van der Waals surface area contributed by atoms with E-state index in [-0.39, 0.29) is 0 Å². The van der Waals surface area contributed by atoms with Crippen molar-refractivity contribution in [2.75, 3.05) is 10.2 Å². The summed E-state index contributed by atoms with van der Waals surface area (Å²) in [5.74, 6) is 3.59. The zero-order valence-corrected chi connectivity index (χ0v) is 51.3. The Morgan fingerprint density at radius 3 is 0.967 bits per heavy atom. The van der Waals surface area contributed by atoms with Crippen LogP contribution in [0, 0.1) is 62.3 Å². The maximum absolute atomic E-state index is 5.35. The highest BCUT2D eigenvalue weighted by Crippen LogP contribution is 2.33. The molecule has 0 amide bonds. The molecule has 12 nitrogen and oxygen atoms in total. The number of nitrogen functional groups attached to an aromatic ring is 1. The minimum absolute atomic E-state index is 0.410. The van der Waals surface area contributed by atoms with Crippen LogP contribution >= 0.6 is 136 Å². The van der Waals surface area contributed by atoms with E-state index in [1.165, 1.54) is 50.0 Å². The molecule has 0 unspecified atom stereocenters. The molecule has 7 aromatic heterocycles. The molecule has 2 N–H and O–H groups in total. The summed E-state index contributed by atoms with van der Waals surface area (Å²) in [6.07, 6.45) is 1.95. The Balaban J connectivity index is 0.000000378. The highest BCUT2D eigenvalue weighted by Gasteiger charge is 2.09. The van der Waals surface area contributed by atoms with E-state index in [0.29, 0.717) is 5.25 Å². The zero-order chi connectivity index (χ0) is 46.9. The van der Waals surface area contributed by atoms with Crippen molar-refractivity contribution in [2.24, 2.45) is 28.2 Å². The molecule has 18 heteroatoms. The van der Waals surface area contributed by atoms with E-state index in [1.54, 1.807) is 4.68 Å². The molecule has 0 spiro atoms. The fourth-order valence-corrected chi connectivity index (χ4v) is 5.50. The zero-order valence-electron chi connectivity index (χ0n) is 38.4. The molecule has 0 saturated heterocycles. The van der Waals surface area contributed by atoms with Crippen LogP contribution in [0.3, 0.4) is 0 Å². The second-order valence-corrected chi connectivity index (χ2v) is 34.4. The summed E-state index contributed by atoms with van der Waals surface area (Å²) < 4.78 is 16.2. The summed E-state index contributed by atoms with van der Waals surface area (Å²) in [5.41, 5.74) is 16.1. The number of aromatic nitrogens is 11. The number of nitrogens with zero attached hydrogens (tertiary/aromatic N) is 11. The molecule has 0 aromatic carbocycles. The maximum atomic E-state index is 5.35. The molecule has 0 bridgehead atoms. The van der Waals surface area contributed by atoms with E-state index >= 15 is 0 Å². The van der Waals surface area contributed by atoms with Crippen LogP contribution in [0.25, 0.3) is 17.5 Å². The average Bonchev–Trinajstić information content (AvgIpc) is 4.01. The second-order valence-electron chi connectivity index (χ2n) is 14.1. The predicted octanol–water partition coefficient (Wildman–Crippen LogP) is 13.0. The first-order chi connectivity index (χ1) is 28.2. The average molecular weight is 1510 g/mol. The number of aryl methyl sites for hydroxylation is 13. The Labute approximate surface area is 446 Å². The number of hydrogen-bond donors (Lipinski definition) is 1. The van der Waals surface area contributed by atoms with Crippen molar-refractivity contribution in [1.82, 2.24) is 52.8 Å². The number of alkyl halides is 6. The van der Waals surface area contributed by atoms with Crippen molar-refractivity contribution in [1.29, 1.82) is 0 Å². The van der Waals surface area contributed by atoms with Crippen molar-refractivity contribution in [3.63, 3.8) is 0 Å². The van der Waals surface area contributed by atoms with Gasteiger partial charge in [-0.15, -0.1) is 0 Å². The quantitative estimate of drug-likeness (QED) is 0.140. The highest BCUT2D eigenvalue weighted by atomic mass is 127. The number of rotatable bonds is 3. The van der Waals surface area contributed by atoms with E-state index in [4.69, 9.17) is 5.73 Å². The van der Waals surface area contributed by atoms with E-state index in [9.17, 15) is 0 Å². The Hall–Kier alpha value is -1.14. The standard InChI is InChI=1S/2C11H15N3.C10H13N3.C5H9N3.C2H3I3.C2H4I2.C2H5I/c2*1-8-5-6-9(2)14(8)11-7-10(3)13(4)12-11;1-8-4-5-9(2)13(8)10-6-7-12(3)11-10;1-4-3-5(6)7-8(4)2;1-2(3,4)5;1-2(3)4;1-2-3/h2*5-7H,1-4H3;4-7H,1-3H3;3H,1-2H3,(H2,6,7);1H3;2H,1H3;2H2,1H3. The van der Waals surface area contributed by atoms with Crippen LogP contribution < -0.4 is 5.73 Å². The summed E-state index contributed by atoms with van der Waals surface area (Å²) in [6, 6.07) is 20.7. The van der Waals surface area contributed by atoms with Gasteiger partial charge in [-0.25, -0.2) is 0 Å². The number of nitrogens with two attached hydrogens (primary N) is 1. The predicted molar refractivity (Wildman–Crippen MR) is 310 cm³/mol. The molecule has 0 saturated carbocycles. The largest absolute Gasteiger partial charge is 0.382 e. The van der Waals surface area contributed by atoms with Gasteiger partial charge in [-0.3, -0.25) is 18.7 Å². The molecule has 61 heavy (non-hydrogen) atoms. The SMILES string of the molecule is CC(I)(I)I.CC(I)I.CCI.Cc1cc(-n2c(C)ccc2C)nn1C.Cc1cc(-n2c(C)ccc2C)nn1C.Cc1cc(N)nn1C.Cc1ccc(C)n1-c1ccn(C)n1. The van der Waals surface area contributed by atoms with E-state index in [1.807, 2.05) is 67.5 Å². The lowest BCUT2D eigenvalue weighted by atomic mass is 10.4. The van der Waals surface area contributed by atoms with Crippen LogP contribution in [-0.2, 0) is 28.2 Å². The van der Waals surface area contributed by atoms with Gasteiger partial charge >= 0.3 is 0 Å². The first-order valence-corrected chi connectivity index (χ1v) is 26.6. The Morgan fingerprint density at radius 2 is 0.787 bits per heavy atom. The van der Waals surface area contributed by atoms with E-state index in [0.717, 1.165) is 25.1 Å². The summed E-state index contributed by atoms with van der Waals surface area (Å²) in [4.78, 5) is 0. The minimum Gasteiger partial charge on any atom is -0.382 e. The van der Waals surface area contributed by atoms with Gasteiger partial charge in [-0.2, -0.15) is 20.4 Å². The number of hydrogen-bond acceptors (Lipinski definition) is 5. The first kappa shape index (κ1) is 57.9. The Morgan fingerprint density at radius 1 is 0.525 bits per heavy atom. The van der Waals surface area contributed by atoms with Gasteiger partial charge in [0.15, 0.2) is 17.5 Å². The molecule has 7 heterocycles. The van der Waals surface area contributed by atoms with Crippen molar-refractivity contribution >= 4 is 141 Å². The lowest BCUT2D eigenvalue weighted by Crippen LogP contribution is -2.00. The number of anilines is 1. The third kappa shape index (κ3) is 21.1. The topological polar surface area (TPSA) is 112 Å². The Bertz CT molecular complexity index is 2110. The molecule has 7 rings (SSSR count). The molecule has 0 atom stereocenters. The molecule has 0 radical (unpaired) electrons. The molecule has 0 aliphatic rings. The van der Waals surface area contributed by atoms with Crippen LogP contribution in [0.15, 0.2) is 66.9 Å². The highest BCUT2D eigenvalue weighted by molar-refractivity contribution is 14.3. The molecular formula is C43H64I6N12. The van der Waals surface area contributed by atoms with E-state index in [2.05, 4.69) is 294 Å². The summed E-state index contributed by atoms with van der Waals surface area (Å²) in [5, 5.41) is 17.2. The summed E-state index contributed by atoms with van der Waals surface area (Å²) >= 11 is 14.0. The fraction of sp³-hybridized carbons (Fsp3) is 0.442. The van der Waals surface area contributed by atoms with Crippen LogP contribution in [-0.4, -0.2) is 58.6 Å². The lowest BCUT2D eigenvalue weighted by Gasteiger charge is -2.03. The maximum Gasteiger partial charge on any atom is 0.159 e. The van der Waals surface area contributed by atoms with Crippen molar-refractivity contribution < 1.29 is 0 Å². The monoisotopic (exact) mass is 1510 g/mol. The van der Waals surface area contributed by atoms with Gasteiger partial charge in [0.2, 0.25) is 0 Å². The van der Waals surface area contributed by atoms with Gasteiger partial charge in [0.05, 0.1) is 1.93 Å². The van der Waals surface area contributed by atoms with Gasteiger partial charge in [0.25, 0.3) is 0 Å². The summed E-state index contributed by atoms with van der Waals surface area (Å²) in [6.45, 7) is 25.0. The molecule has 338 valence electrons. The van der Waals surface area contributed by atoms with Crippen LogP contribution in [0.4, 0.5) is 5.82 Å². The van der Waals surface area contributed by atoms with Crippen molar-refractivity contribution in [3.05, 3.63) is 118 Å². The van der Waals surface area contributed by atoms with Crippen LogP contribution in [0.2, 0.25) is 0 Å². The Kier molecular flexibility index (Phi) is 26.6. The lowest BCUT2D eigenvalue weighted by molar-refractivity contribution is 0.723.